The smallest absolute Gasteiger partial charge is 0.0702 e. The average Bonchev–Trinajstić information content (AvgIpc) is 2.87. The normalized spacial score (nSPS) is 25.2. The maximum Gasteiger partial charge on any atom is 0.0702 e. The predicted molar refractivity (Wildman–Crippen MR) is 84.3 cm³/mol. The number of nitrogens with one attached hydrogen (secondary N) is 1. The molecule has 1 aromatic carbocycles. The lowest BCUT2D eigenvalue weighted by molar-refractivity contribution is -0.0767. The molecule has 1 spiro atoms. The van der Waals surface area contributed by atoms with E-state index in [9.17, 15) is 0 Å². The van der Waals surface area contributed by atoms with Gasteiger partial charge in [0.05, 0.1) is 5.60 Å². The maximum absolute atomic E-state index is 6.10. The summed E-state index contributed by atoms with van der Waals surface area (Å²) in [7, 11) is 0. The average molecular weight is 273 g/mol. The standard InChI is InChI=1S/C18H27NO/c1-14(2)15-5-7-16(8-6-15)19-17-9-12-20-18(13-17)10-3-4-11-18/h5-8,14,17,19H,3-4,9-13H2,1-2H3. The van der Waals surface area contributed by atoms with E-state index in [1.54, 1.807) is 0 Å². The van der Waals surface area contributed by atoms with Crippen LogP contribution in [0.5, 0.6) is 0 Å². The molecule has 3 rings (SSSR count). The van der Waals surface area contributed by atoms with E-state index >= 15 is 0 Å². The highest BCUT2D eigenvalue weighted by atomic mass is 16.5. The Morgan fingerprint density at radius 3 is 2.50 bits per heavy atom. The van der Waals surface area contributed by atoms with Gasteiger partial charge in [-0.25, -0.2) is 0 Å². The SMILES string of the molecule is CC(C)c1ccc(NC2CCOC3(CCCC3)C2)cc1. The molecule has 2 fully saturated rings. The van der Waals surface area contributed by atoms with Crippen molar-refractivity contribution in [2.75, 3.05) is 11.9 Å². The van der Waals surface area contributed by atoms with Gasteiger partial charge >= 0.3 is 0 Å². The first-order chi connectivity index (χ1) is 9.67. The van der Waals surface area contributed by atoms with Gasteiger partial charge in [-0.2, -0.15) is 0 Å². The Balaban J connectivity index is 1.62. The second kappa shape index (κ2) is 5.77. The first-order valence-corrected chi connectivity index (χ1v) is 8.17. The Hall–Kier alpha value is -1.02. The minimum absolute atomic E-state index is 0.202. The van der Waals surface area contributed by atoms with Crippen LogP contribution in [0.4, 0.5) is 5.69 Å². The van der Waals surface area contributed by atoms with Gasteiger partial charge in [-0.15, -0.1) is 0 Å². The fourth-order valence-corrected chi connectivity index (χ4v) is 3.72. The summed E-state index contributed by atoms with van der Waals surface area (Å²) in [5.74, 6) is 0.605. The van der Waals surface area contributed by atoms with Crippen molar-refractivity contribution in [3.63, 3.8) is 0 Å². The van der Waals surface area contributed by atoms with Crippen LogP contribution in [-0.4, -0.2) is 18.2 Å². The summed E-state index contributed by atoms with van der Waals surface area (Å²) in [6.07, 6.45) is 7.52. The molecule has 0 bridgehead atoms. The third-order valence-corrected chi connectivity index (χ3v) is 4.96. The molecule has 1 saturated heterocycles. The van der Waals surface area contributed by atoms with Gasteiger partial charge in [-0.05, 0) is 49.3 Å². The summed E-state index contributed by atoms with van der Waals surface area (Å²) in [6, 6.07) is 9.53. The van der Waals surface area contributed by atoms with Crippen molar-refractivity contribution in [2.24, 2.45) is 0 Å². The van der Waals surface area contributed by atoms with Crippen molar-refractivity contribution in [1.29, 1.82) is 0 Å². The van der Waals surface area contributed by atoms with E-state index in [0.717, 1.165) is 13.0 Å². The molecule has 1 aromatic rings. The summed E-state index contributed by atoms with van der Waals surface area (Å²) in [5, 5.41) is 3.72. The first kappa shape index (κ1) is 13.9. The molecule has 0 aromatic heterocycles. The van der Waals surface area contributed by atoms with Crippen molar-refractivity contribution in [3.8, 4) is 0 Å². The molecule has 1 heterocycles. The Morgan fingerprint density at radius 1 is 1.15 bits per heavy atom. The van der Waals surface area contributed by atoms with Crippen molar-refractivity contribution in [3.05, 3.63) is 29.8 Å². The van der Waals surface area contributed by atoms with E-state index in [0.29, 0.717) is 12.0 Å². The largest absolute Gasteiger partial charge is 0.382 e. The zero-order chi connectivity index (χ0) is 14.0. The van der Waals surface area contributed by atoms with Gasteiger partial charge in [0, 0.05) is 18.3 Å². The lowest BCUT2D eigenvalue weighted by atomic mass is 9.89. The summed E-state index contributed by atoms with van der Waals surface area (Å²) in [6.45, 7) is 5.40. The van der Waals surface area contributed by atoms with Gasteiger partial charge in [-0.3, -0.25) is 0 Å². The van der Waals surface area contributed by atoms with Crippen LogP contribution in [0.3, 0.4) is 0 Å². The van der Waals surface area contributed by atoms with Crippen LogP contribution in [0.2, 0.25) is 0 Å². The zero-order valence-corrected chi connectivity index (χ0v) is 12.8. The first-order valence-electron chi connectivity index (χ1n) is 8.17. The van der Waals surface area contributed by atoms with Crippen molar-refractivity contribution in [1.82, 2.24) is 0 Å². The molecule has 1 aliphatic carbocycles. The highest BCUT2D eigenvalue weighted by Crippen LogP contribution is 2.40. The number of hydrogen-bond acceptors (Lipinski definition) is 2. The third kappa shape index (κ3) is 3.01. The molecular weight excluding hydrogens is 246 g/mol. The van der Waals surface area contributed by atoms with Crippen molar-refractivity contribution >= 4 is 5.69 Å². The van der Waals surface area contributed by atoms with E-state index < -0.39 is 0 Å². The van der Waals surface area contributed by atoms with Crippen molar-refractivity contribution in [2.45, 2.75) is 69.9 Å². The number of anilines is 1. The van der Waals surface area contributed by atoms with E-state index in [1.165, 1.54) is 43.4 Å². The molecule has 1 atom stereocenters. The van der Waals surface area contributed by atoms with Gasteiger partial charge in [0.25, 0.3) is 0 Å². The molecule has 110 valence electrons. The van der Waals surface area contributed by atoms with Crippen LogP contribution in [-0.2, 0) is 4.74 Å². The highest BCUT2D eigenvalue weighted by Gasteiger charge is 2.39. The van der Waals surface area contributed by atoms with E-state index in [1.807, 2.05) is 0 Å². The van der Waals surface area contributed by atoms with Gasteiger partial charge in [0.1, 0.15) is 0 Å². The van der Waals surface area contributed by atoms with Gasteiger partial charge < -0.3 is 10.1 Å². The summed E-state index contributed by atoms with van der Waals surface area (Å²) in [5.41, 5.74) is 2.87. The third-order valence-electron chi connectivity index (χ3n) is 4.96. The monoisotopic (exact) mass is 273 g/mol. The minimum Gasteiger partial charge on any atom is -0.382 e. The number of rotatable bonds is 3. The molecule has 1 N–H and O–H groups in total. The maximum atomic E-state index is 6.10. The Morgan fingerprint density at radius 2 is 1.85 bits per heavy atom. The molecule has 0 radical (unpaired) electrons. The highest BCUT2D eigenvalue weighted by molar-refractivity contribution is 5.46. The van der Waals surface area contributed by atoms with Crippen LogP contribution in [0.1, 0.15) is 63.9 Å². The lowest BCUT2D eigenvalue weighted by Gasteiger charge is -2.39. The number of ether oxygens (including phenoxy) is 1. The molecule has 0 amide bonds. The Kier molecular flexibility index (Phi) is 4.02. The number of benzene rings is 1. The van der Waals surface area contributed by atoms with Gasteiger partial charge in [0.2, 0.25) is 0 Å². The van der Waals surface area contributed by atoms with Crippen molar-refractivity contribution < 1.29 is 4.74 Å². The van der Waals surface area contributed by atoms with E-state index in [2.05, 4.69) is 43.4 Å². The Labute approximate surface area is 122 Å². The minimum atomic E-state index is 0.202. The van der Waals surface area contributed by atoms with Crippen LogP contribution >= 0.6 is 0 Å². The van der Waals surface area contributed by atoms with E-state index in [4.69, 9.17) is 4.74 Å². The number of hydrogen-bond donors (Lipinski definition) is 1. The second-order valence-electron chi connectivity index (χ2n) is 6.85. The predicted octanol–water partition coefficient (Wildman–Crippen LogP) is 4.71. The van der Waals surface area contributed by atoms with Crippen LogP contribution in [0.25, 0.3) is 0 Å². The zero-order valence-electron chi connectivity index (χ0n) is 12.8. The van der Waals surface area contributed by atoms with Crippen LogP contribution < -0.4 is 5.32 Å². The topological polar surface area (TPSA) is 21.3 Å². The summed E-state index contributed by atoms with van der Waals surface area (Å²) in [4.78, 5) is 0. The lowest BCUT2D eigenvalue weighted by Crippen LogP contribution is -2.42. The Bertz CT molecular complexity index is 431. The molecule has 2 aliphatic rings. The fourth-order valence-electron chi connectivity index (χ4n) is 3.72. The second-order valence-corrected chi connectivity index (χ2v) is 6.85. The quantitative estimate of drug-likeness (QED) is 0.861. The van der Waals surface area contributed by atoms with Gasteiger partial charge in [0.15, 0.2) is 0 Å². The molecule has 1 aliphatic heterocycles. The summed E-state index contributed by atoms with van der Waals surface area (Å²) >= 11 is 0. The molecule has 20 heavy (non-hydrogen) atoms. The molecular formula is C18H27NO. The van der Waals surface area contributed by atoms with Crippen LogP contribution in [0.15, 0.2) is 24.3 Å². The van der Waals surface area contributed by atoms with Gasteiger partial charge in [-0.1, -0.05) is 38.8 Å². The summed E-state index contributed by atoms with van der Waals surface area (Å²) < 4.78 is 6.10. The molecule has 1 saturated carbocycles. The molecule has 2 heteroatoms. The van der Waals surface area contributed by atoms with E-state index in [-0.39, 0.29) is 5.60 Å². The van der Waals surface area contributed by atoms with Crippen LogP contribution in [0, 0.1) is 0 Å². The molecule has 1 unspecified atom stereocenters. The molecule has 2 nitrogen and oxygen atoms in total. The fraction of sp³-hybridized carbons (Fsp3) is 0.667.